The molecule has 0 amide bonds. The van der Waals surface area contributed by atoms with Crippen molar-refractivity contribution in [3.63, 3.8) is 0 Å². The first-order chi connectivity index (χ1) is 9.18. The summed E-state index contributed by atoms with van der Waals surface area (Å²) in [6.45, 7) is 0.633. The SMILES string of the molecule is Cn1ncc(Br)c1C(O)C1OCCc2ccccc21. The molecular weight excluding hydrogens is 308 g/mol. The first-order valence-corrected chi connectivity index (χ1v) is 7.02. The Labute approximate surface area is 120 Å². The number of hydrogen-bond acceptors (Lipinski definition) is 3. The van der Waals surface area contributed by atoms with Gasteiger partial charge in [-0.05, 0) is 33.5 Å². The average Bonchev–Trinajstić information content (AvgIpc) is 2.77. The lowest BCUT2D eigenvalue weighted by Crippen LogP contribution is -2.23. The molecule has 3 rings (SSSR count). The van der Waals surface area contributed by atoms with Crippen LogP contribution >= 0.6 is 15.9 Å². The van der Waals surface area contributed by atoms with E-state index in [1.807, 2.05) is 25.2 Å². The second-order valence-corrected chi connectivity index (χ2v) is 5.54. The third kappa shape index (κ3) is 2.22. The van der Waals surface area contributed by atoms with Gasteiger partial charge in [0.05, 0.1) is 23.0 Å². The maximum atomic E-state index is 10.6. The van der Waals surface area contributed by atoms with E-state index in [4.69, 9.17) is 4.74 Å². The Morgan fingerprint density at radius 3 is 3.00 bits per heavy atom. The Kier molecular flexibility index (Phi) is 3.43. The summed E-state index contributed by atoms with van der Waals surface area (Å²) in [6, 6.07) is 8.11. The minimum absolute atomic E-state index is 0.336. The Hall–Kier alpha value is -1.17. The minimum Gasteiger partial charge on any atom is -0.384 e. The van der Waals surface area contributed by atoms with Gasteiger partial charge in [-0.15, -0.1) is 0 Å². The molecule has 0 saturated heterocycles. The van der Waals surface area contributed by atoms with Gasteiger partial charge in [0, 0.05) is 7.05 Å². The minimum atomic E-state index is -0.733. The van der Waals surface area contributed by atoms with Crippen molar-refractivity contribution in [2.24, 2.45) is 7.05 Å². The van der Waals surface area contributed by atoms with E-state index in [-0.39, 0.29) is 6.10 Å². The number of aliphatic hydroxyl groups is 1. The predicted molar refractivity (Wildman–Crippen MR) is 74.7 cm³/mol. The van der Waals surface area contributed by atoms with Crippen LogP contribution in [0.25, 0.3) is 0 Å². The lowest BCUT2D eigenvalue weighted by atomic mass is 9.93. The Morgan fingerprint density at radius 2 is 2.26 bits per heavy atom. The Morgan fingerprint density at radius 1 is 1.47 bits per heavy atom. The smallest absolute Gasteiger partial charge is 0.127 e. The Balaban J connectivity index is 2.00. The molecule has 0 fully saturated rings. The molecule has 1 aromatic carbocycles. The van der Waals surface area contributed by atoms with Crippen LogP contribution in [0.1, 0.15) is 29.0 Å². The second-order valence-electron chi connectivity index (χ2n) is 4.69. The first kappa shape index (κ1) is 12.8. The van der Waals surface area contributed by atoms with Gasteiger partial charge in [-0.3, -0.25) is 4.68 Å². The molecule has 0 spiro atoms. The van der Waals surface area contributed by atoms with Crippen molar-refractivity contribution in [2.45, 2.75) is 18.6 Å². The van der Waals surface area contributed by atoms with E-state index in [2.05, 4.69) is 27.1 Å². The summed E-state index contributed by atoms with van der Waals surface area (Å²) in [6.07, 6.45) is 1.51. The third-order valence-corrected chi connectivity index (χ3v) is 4.15. The van der Waals surface area contributed by atoms with Gasteiger partial charge in [0.25, 0.3) is 0 Å². The standard InChI is InChI=1S/C14H15BrN2O2/c1-17-12(11(15)8-16-17)13(18)14-10-5-3-2-4-9(10)6-7-19-14/h2-5,8,13-14,18H,6-7H2,1H3. The molecule has 0 aliphatic carbocycles. The third-order valence-electron chi connectivity index (χ3n) is 3.53. The summed E-state index contributed by atoms with van der Waals surface area (Å²) in [5.41, 5.74) is 3.05. The quantitative estimate of drug-likeness (QED) is 0.924. The van der Waals surface area contributed by atoms with E-state index >= 15 is 0 Å². The topological polar surface area (TPSA) is 47.3 Å². The van der Waals surface area contributed by atoms with E-state index in [0.717, 1.165) is 22.2 Å². The van der Waals surface area contributed by atoms with Gasteiger partial charge in [0.15, 0.2) is 0 Å². The lowest BCUT2D eigenvalue weighted by Gasteiger charge is -2.30. The zero-order chi connectivity index (χ0) is 13.4. The van der Waals surface area contributed by atoms with Gasteiger partial charge in [-0.25, -0.2) is 0 Å². The van der Waals surface area contributed by atoms with Crippen molar-refractivity contribution in [3.8, 4) is 0 Å². The fourth-order valence-corrected chi connectivity index (χ4v) is 3.17. The predicted octanol–water partition coefficient (Wildman–Crippen LogP) is 2.53. The zero-order valence-corrected chi connectivity index (χ0v) is 12.2. The molecule has 1 N–H and O–H groups in total. The maximum absolute atomic E-state index is 10.6. The molecule has 1 aliphatic heterocycles. The molecule has 0 saturated carbocycles. The molecule has 2 heterocycles. The van der Waals surface area contributed by atoms with Gasteiger partial charge >= 0.3 is 0 Å². The van der Waals surface area contributed by atoms with Crippen LogP contribution < -0.4 is 0 Å². The van der Waals surface area contributed by atoms with Gasteiger partial charge in [0.1, 0.15) is 12.2 Å². The van der Waals surface area contributed by atoms with Gasteiger partial charge < -0.3 is 9.84 Å². The lowest BCUT2D eigenvalue weighted by molar-refractivity contribution is -0.0516. The zero-order valence-electron chi connectivity index (χ0n) is 10.6. The van der Waals surface area contributed by atoms with Crippen LogP contribution in [0.2, 0.25) is 0 Å². The molecule has 19 heavy (non-hydrogen) atoms. The van der Waals surface area contributed by atoms with Crippen LogP contribution in [-0.2, 0) is 18.2 Å². The molecule has 2 aromatic rings. The second kappa shape index (κ2) is 5.07. The maximum Gasteiger partial charge on any atom is 0.127 e. The Bertz CT molecular complexity index is 577. The van der Waals surface area contributed by atoms with Crippen molar-refractivity contribution < 1.29 is 9.84 Å². The van der Waals surface area contributed by atoms with Gasteiger partial charge in [-0.2, -0.15) is 5.10 Å². The summed E-state index contributed by atoms with van der Waals surface area (Å²) >= 11 is 3.43. The number of aryl methyl sites for hydroxylation is 1. The molecule has 5 heteroatoms. The largest absolute Gasteiger partial charge is 0.384 e. The highest BCUT2D eigenvalue weighted by atomic mass is 79.9. The number of ether oxygens (including phenoxy) is 1. The van der Waals surface area contributed by atoms with Crippen molar-refractivity contribution in [3.05, 3.63) is 51.8 Å². The molecule has 1 aliphatic rings. The number of aromatic nitrogens is 2. The number of hydrogen-bond donors (Lipinski definition) is 1. The molecule has 2 atom stereocenters. The van der Waals surface area contributed by atoms with E-state index in [1.54, 1.807) is 10.9 Å². The molecule has 2 unspecified atom stereocenters. The molecule has 100 valence electrons. The number of halogens is 1. The summed E-state index contributed by atoms with van der Waals surface area (Å²) in [4.78, 5) is 0. The summed E-state index contributed by atoms with van der Waals surface area (Å²) in [5, 5.41) is 14.8. The summed E-state index contributed by atoms with van der Waals surface area (Å²) in [5.74, 6) is 0. The van der Waals surface area contributed by atoms with E-state index in [1.165, 1.54) is 5.56 Å². The monoisotopic (exact) mass is 322 g/mol. The molecule has 0 bridgehead atoms. The highest BCUT2D eigenvalue weighted by Crippen LogP contribution is 2.38. The van der Waals surface area contributed by atoms with Gasteiger partial charge in [-0.1, -0.05) is 24.3 Å². The summed E-state index contributed by atoms with van der Waals surface area (Å²) in [7, 11) is 1.82. The number of benzene rings is 1. The van der Waals surface area contributed by atoms with Crippen molar-refractivity contribution in [1.29, 1.82) is 0 Å². The van der Waals surface area contributed by atoms with Crippen LogP contribution in [0.15, 0.2) is 34.9 Å². The molecule has 1 aromatic heterocycles. The van der Waals surface area contributed by atoms with Crippen molar-refractivity contribution in [2.75, 3.05) is 6.61 Å². The highest BCUT2D eigenvalue weighted by Gasteiger charge is 2.31. The number of aliphatic hydroxyl groups excluding tert-OH is 1. The van der Waals surface area contributed by atoms with Crippen LogP contribution in [0, 0.1) is 0 Å². The van der Waals surface area contributed by atoms with E-state index in [9.17, 15) is 5.11 Å². The van der Waals surface area contributed by atoms with E-state index in [0.29, 0.717) is 6.61 Å². The molecule has 0 radical (unpaired) electrons. The number of fused-ring (bicyclic) bond motifs is 1. The number of nitrogens with zero attached hydrogens (tertiary/aromatic N) is 2. The van der Waals surface area contributed by atoms with Crippen LogP contribution in [-0.4, -0.2) is 21.5 Å². The molecule has 4 nitrogen and oxygen atoms in total. The fraction of sp³-hybridized carbons (Fsp3) is 0.357. The normalized spacial score (nSPS) is 20.1. The van der Waals surface area contributed by atoms with E-state index < -0.39 is 6.10 Å². The van der Waals surface area contributed by atoms with Crippen LogP contribution in [0.3, 0.4) is 0 Å². The van der Waals surface area contributed by atoms with Crippen molar-refractivity contribution >= 4 is 15.9 Å². The van der Waals surface area contributed by atoms with Crippen LogP contribution in [0.4, 0.5) is 0 Å². The molecular formula is C14H15BrN2O2. The number of rotatable bonds is 2. The average molecular weight is 323 g/mol. The first-order valence-electron chi connectivity index (χ1n) is 6.23. The highest BCUT2D eigenvalue weighted by molar-refractivity contribution is 9.10. The summed E-state index contributed by atoms with van der Waals surface area (Å²) < 4.78 is 8.26. The fourth-order valence-electron chi connectivity index (χ4n) is 2.58. The van der Waals surface area contributed by atoms with Crippen LogP contribution in [0.5, 0.6) is 0 Å². The van der Waals surface area contributed by atoms with Gasteiger partial charge in [0.2, 0.25) is 0 Å². The van der Waals surface area contributed by atoms with Crippen molar-refractivity contribution in [1.82, 2.24) is 9.78 Å².